The van der Waals surface area contributed by atoms with Crippen molar-refractivity contribution in [2.75, 3.05) is 70.0 Å². The first-order valence-electron chi connectivity index (χ1n) is 13.7. The van der Waals surface area contributed by atoms with E-state index >= 15 is 0 Å². The molecule has 0 heterocycles. The molecule has 222 valence electrons. The van der Waals surface area contributed by atoms with E-state index in [-0.39, 0.29) is 11.3 Å². The summed E-state index contributed by atoms with van der Waals surface area (Å²) in [5.74, 6) is 1.96. The molecule has 0 spiro atoms. The Labute approximate surface area is 232 Å². The number of aliphatic imine (C=N–C) groups is 2. The van der Waals surface area contributed by atoms with E-state index < -0.39 is 0 Å². The molecule has 0 atom stereocenters. The van der Waals surface area contributed by atoms with Crippen LogP contribution in [0.3, 0.4) is 0 Å². The molecule has 0 aliphatic heterocycles. The predicted octanol–water partition coefficient (Wildman–Crippen LogP) is 6.21. The molecule has 0 saturated heterocycles. The quantitative estimate of drug-likeness (QED) is 0.305. The van der Waals surface area contributed by atoms with Gasteiger partial charge in [0.05, 0.1) is 5.84 Å². The Bertz CT molecular complexity index is 659. The summed E-state index contributed by atoms with van der Waals surface area (Å²) < 4.78 is 0. The van der Waals surface area contributed by atoms with Crippen LogP contribution in [0, 0.1) is 16.2 Å². The van der Waals surface area contributed by atoms with Crippen molar-refractivity contribution in [1.29, 1.82) is 0 Å². The highest BCUT2D eigenvalue weighted by molar-refractivity contribution is 5.96. The number of amidine groups is 1. The molecule has 0 saturated carbocycles. The lowest BCUT2D eigenvalue weighted by molar-refractivity contribution is -0.128. The SMILES string of the molecule is CN(C)CCCC(C)(C)C.CN=C(CCC(C)(C)C)N(C)C.CN=C(N(C)C)N(C)C(=O)CC(C)(C)C. The smallest absolute Gasteiger partial charge is 0.229 e. The van der Waals surface area contributed by atoms with E-state index in [4.69, 9.17) is 0 Å². The Hall–Kier alpha value is -1.63. The standard InChI is InChI=1S/C11H23N3O.C10H22N2.C9H21N/c1-11(2,3)8-9(15)14(7)10(12-4)13(5)6;1-10(2,3)8-7-9(11-4)12(5)6;1-9(2,3)7-6-8-10(4)5/h8H2,1-7H3;7-8H2,1-6H3;6-8H2,1-5H3. The van der Waals surface area contributed by atoms with Crippen LogP contribution in [-0.2, 0) is 4.79 Å². The molecule has 0 aromatic carbocycles. The largest absolute Gasteiger partial charge is 0.367 e. The van der Waals surface area contributed by atoms with E-state index in [2.05, 4.69) is 96.2 Å². The summed E-state index contributed by atoms with van der Waals surface area (Å²) in [6, 6.07) is 0. The van der Waals surface area contributed by atoms with Crippen molar-refractivity contribution in [2.24, 2.45) is 26.2 Å². The van der Waals surface area contributed by atoms with Crippen LogP contribution < -0.4 is 0 Å². The van der Waals surface area contributed by atoms with Gasteiger partial charge >= 0.3 is 0 Å². The summed E-state index contributed by atoms with van der Waals surface area (Å²) in [5.41, 5.74) is 0.929. The summed E-state index contributed by atoms with van der Waals surface area (Å²) in [7, 11) is 17.4. The van der Waals surface area contributed by atoms with Crippen LogP contribution in [0.5, 0.6) is 0 Å². The molecule has 0 aliphatic carbocycles. The Morgan fingerprint density at radius 3 is 1.38 bits per heavy atom. The van der Waals surface area contributed by atoms with Crippen LogP contribution in [0.1, 0.15) is 94.4 Å². The highest BCUT2D eigenvalue weighted by Gasteiger charge is 2.22. The molecule has 0 rings (SSSR count). The van der Waals surface area contributed by atoms with Crippen molar-refractivity contribution in [2.45, 2.75) is 94.4 Å². The Kier molecular flexibility index (Phi) is 20.0. The minimum Gasteiger partial charge on any atom is -0.367 e. The van der Waals surface area contributed by atoms with Crippen molar-refractivity contribution in [3.05, 3.63) is 0 Å². The number of amides is 1. The van der Waals surface area contributed by atoms with E-state index in [1.54, 1.807) is 19.0 Å². The van der Waals surface area contributed by atoms with E-state index in [9.17, 15) is 4.79 Å². The molecular weight excluding hydrogens is 460 g/mol. The molecule has 0 radical (unpaired) electrons. The van der Waals surface area contributed by atoms with Crippen molar-refractivity contribution >= 4 is 17.7 Å². The Morgan fingerprint density at radius 1 is 0.649 bits per heavy atom. The highest BCUT2D eigenvalue weighted by Crippen LogP contribution is 2.21. The van der Waals surface area contributed by atoms with Gasteiger partial charge in [0.15, 0.2) is 0 Å². The van der Waals surface area contributed by atoms with Gasteiger partial charge in [-0.3, -0.25) is 19.7 Å². The lowest BCUT2D eigenvalue weighted by atomic mass is 9.90. The van der Waals surface area contributed by atoms with Crippen LogP contribution in [0.25, 0.3) is 0 Å². The minimum atomic E-state index is 0.0104. The molecule has 0 aromatic heterocycles. The van der Waals surface area contributed by atoms with Gasteiger partial charge in [-0.2, -0.15) is 0 Å². The first-order valence-corrected chi connectivity index (χ1v) is 13.7. The van der Waals surface area contributed by atoms with Crippen molar-refractivity contribution in [3.8, 4) is 0 Å². The third-order valence-corrected chi connectivity index (χ3v) is 5.36. The maximum absolute atomic E-state index is 11.9. The number of carbonyl (C=O) groups excluding carboxylic acids is 1. The molecule has 0 aromatic rings. The summed E-state index contributed by atoms with van der Waals surface area (Å²) >= 11 is 0. The first kappa shape index (κ1) is 39.9. The fraction of sp³-hybridized carbons (Fsp3) is 0.900. The molecule has 0 bridgehead atoms. The molecule has 0 fully saturated rings. The zero-order chi connectivity index (χ0) is 30.2. The minimum absolute atomic E-state index is 0.0104. The van der Waals surface area contributed by atoms with Gasteiger partial charge in [-0.15, -0.1) is 0 Å². The summed E-state index contributed by atoms with van der Waals surface area (Å²) in [4.78, 5) is 28.0. The van der Waals surface area contributed by atoms with Gasteiger partial charge in [0.25, 0.3) is 0 Å². The van der Waals surface area contributed by atoms with Gasteiger partial charge in [-0.25, -0.2) is 0 Å². The zero-order valence-electron chi connectivity index (χ0n) is 28.3. The fourth-order valence-electron chi connectivity index (χ4n) is 3.28. The summed E-state index contributed by atoms with van der Waals surface area (Å²) in [6.45, 7) is 21.0. The lowest BCUT2D eigenvalue weighted by Gasteiger charge is -2.27. The maximum atomic E-state index is 11.9. The van der Waals surface area contributed by atoms with Crippen LogP contribution in [0.15, 0.2) is 9.98 Å². The van der Waals surface area contributed by atoms with Gasteiger partial charge in [-0.05, 0) is 56.1 Å². The lowest BCUT2D eigenvalue weighted by Crippen LogP contribution is -2.42. The summed E-state index contributed by atoms with van der Waals surface area (Å²) in [6.07, 6.45) is 5.43. The molecule has 37 heavy (non-hydrogen) atoms. The second kappa shape index (κ2) is 18.6. The fourth-order valence-corrected chi connectivity index (χ4v) is 3.28. The second-order valence-corrected chi connectivity index (χ2v) is 14.2. The number of hydrogen-bond acceptors (Lipinski definition) is 4. The molecule has 0 unspecified atom stereocenters. The maximum Gasteiger partial charge on any atom is 0.229 e. The average Bonchev–Trinajstić information content (AvgIpc) is 2.65. The molecular formula is C30H66N6O. The van der Waals surface area contributed by atoms with Crippen LogP contribution in [0.4, 0.5) is 0 Å². The third kappa shape index (κ3) is 27.2. The average molecular weight is 527 g/mol. The number of hydrogen-bond donors (Lipinski definition) is 0. The summed E-state index contributed by atoms with van der Waals surface area (Å²) in [5, 5.41) is 0. The van der Waals surface area contributed by atoms with Gasteiger partial charge in [0.2, 0.25) is 11.9 Å². The Balaban J connectivity index is -0.000000479. The van der Waals surface area contributed by atoms with Gasteiger partial charge < -0.3 is 14.7 Å². The predicted molar refractivity (Wildman–Crippen MR) is 167 cm³/mol. The third-order valence-electron chi connectivity index (χ3n) is 5.36. The topological polar surface area (TPSA) is 54.8 Å². The first-order chi connectivity index (χ1) is 16.5. The van der Waals surface area contributed by atoms with E-state index in [0.717, 1.165) is 6.42 Å². The number of guanidine groups is 1. The van der Waals surface area contributed by atoms with Crippen molar-refractivity contribution in [3.63, 3.8) is 0 Å². The molecule has 7 nitrogen and oxygen atoms in total. The second-order valence-electron chi connectivity index (χ2n) is 14.2. The van der Waals surface area contributed by atoms with Crippen LogP contribution >= 0.6 is 0 Å². The number of carbonyl (C=O) groups is 1. The van der Waals surface area contributed by atoms with Gasteiger partial charge in [0.1, 0.15) is 0 Å². The number of nitrogens with zero attached hydrogens (tertiary/aromatic N) is 6. The normalized spacial score (nSPS) is 12.8. The van der Waals surface area contributed by atoms with Crippen molar-refractivity contribution < 1.29 is 4.79 Å². The zero-order valence-corrected chi connectivity index (χ0v) is 28.3. The highest BCUT2D eigenvalue weighted by atomic mass is 16.2. The molecule has 1 amide bonds. The van der Waals surface area contributed by atoms with Crippen molar-refractivity contribution in [1.82, 2.24) is 19.6 Å². The van der Waals surface area contributed by atoms with E-state index in [1.165, 1.54) is 31.6 Å². The number of rotatable bonds is 6. The monoisotopic (exact) mass is 527 g/mol. The molecule has 0 aliphatic rings. The van der Waals surface area contributed by atoms with Gasteiger partial charge in [0, 0.05) is 62.2 Å². The van der Waals surface area contributed by atoms with Crippen LogP contribution in [0.2, 0.25) is 0 Å². The van der Waals surface area contributed by atoms with Crippen LogP contribution in [-0.4, -0.2) is 107 Å². The molecule has 0 N–H and O–H groups in total. The van der Waals surface area contributed by atoms with E-state index in [0.29, 0.717) is 23.2 Å². The molecule has 7 heteroatoms. The van der Waals surface area contributed by atoms with E-state index in [1.807, 2.05) is 40.1 Å². The Morgan fingerprint density at radius 2 is 1.11 bits per heavy atom. The van der Waals surface area contributed by atoms with Gasteiger partial charge in [-0.1, -0.05) is 62.3 Å².